The molecule has 1 aliphatic heterocycles. The van der Waals surface area contributed by atoms with Crippen molar-refractivity contribution < 1.29 is 4.79 Å². The van der Waals surface area contributed by atoms with Crippen LogP contribution in [-0.2, 0) is 6.54 Å². The number of amides is 1. The van der Waals surface area contributed by atoms with Gasteiger partial charge in [0, 0.05) is 30.3 Å². The van der Waals surface area contributed by atoms with E-state index in [0.717, 1.165) is 42.6 Å². The van der Waals surface area contributed by atoms with Crippen molar-refractivity contribution in [3.05, 3.63) is 22.4 Å². The molecule has 5 heteroatoms. The van der Waals surface area contributed by atoms with Gasteiger partial charge in [0.05, 0.1) is 0 Å². The lowest BCUT2D eigenvalue weighted by Gasteiger charge is -2.32. The molecule has 1 fully saturated rings. The number of aromatic nitrogens is 1. The van der Waals surface area contributed by atoms with E-state index in [1.165, 1.54) is 0 Å². The van der Waals surface area contributed by atoms with E-state index in [2.05, 4.69) is 15.9 Å². The molecule has 0 bridgehead atoms. The van der Waals surface area contributed by atoms with Crippen molar-refractivity contribution in [2.45, 2.75) is 26.3 Å². The summed E-state index contributed by atoms with van der Waals surface area (Å²) in [6.07, 6.45) is 4.15. The Hall–Kier alpha value is -0.810. The molecule has 1 saturated heterocycles. The first kappa shape index (κ1) is 13.6. The van der Waals surface area contributed by atoms with Gasteiger partial charge in [-0.15, -0.1) is 0 Å². The fourth-order valence-corrected chi connectivity index (χ4v) is 2.98. The summed E-state index contributed by atoms with van der Waals surface area (Å²) >= 11 is 3.43. The Morgan fingerprint density at radius 1 is 1.61 bits per heavy atom. The van der Waals surface area contributed by atoms with Gasteiger partial charge in [0.25, 0.3) is 5.91 Å². The molecule has 1 aromatic heterocycles. The van der Waals surface area contributed by atoms with Crippen LogP contribution < -0.4 is 5.73 Å². The molecule has 100 valence electrons. The van der Waals surface area contributed by atoms with Crippen LogP contribution in [0.5, 0.6) is 0 Å². The second-order valence-corrected chi connectivity index (χ2v) is 5.74. The average molecular weight is 314 g/mol. The molecule has 2 N–H and O–H groups in total. The maximum atomic E-state index is 12.5. The second-order valence-electron chi connectivity index (χ2n) is 4.82. The molecule has 0 spiro atoms. The zero-order valence-electron chi connectivity index (χ0n) is 10.7. The minimum atomic E-state index is 0.126. The molecule has 1 aromatic rings. The van der Waals surface area contributed by atoms with Gasteiger partial charge in [-0.2, -0.15) is 0 Å². The topological polar surface area (TPSA) is 51.3 Å². The van der Waals surface area contributed by atoms with Gasteiger partial charge in [-0.25, -0.2) is 0 Å². The second kappa shape index (κ2) is 5.89. The number of likely N-dealkylation sites (tertiary alicyclic amines) is 1. The molecule has 1 atom stereocenters. The number of nitrogens with two attached hydrogens (primary N) is 1. The van der Waals surface area contributed by atoms with Crippen LogP contribution in [0.3, 0.4) is 0 Å². The third-order valence-corrected chi connectivity index (χ3v) is 4.00. The highest BCUT2D eigenvalue weighted by Crippen LogP contribution is 2.21. The van der Waals surface area contributed by atoms with Crippen molar-refractivity contribution >= 4 is 21.8 Å². The fourth-order valence-electron chi connectivity index (χ4n) is 2.52. The first-order valence-electron chi connectivity index (χ1n) is 6.50. The van der Waals surface area contributed by atoms with Crippen LogP contribution in [-0.4, -0.2) is 35.0 Å². The van der Waals surface area contributed by atoms with Gasteiger partial charge in [-0.05, 0) is 54.2 Å². The van der Waals surface area contributed by atoms with Crippen molar-refractivity contribution in [1.82, 2.24) is 9.47 Å². The lowest BCUT2D eigenvalue weighted by Crippen LogP contribution is -2.42. The summed E-state index contributed by atoms with van der Waals surface area (Å²) < 4.78 is 2.94. The number of hydrogen-bond donors (Lipinski definition) is 1. The summed E-state index contributed by atoms with van der Waals surface area (Å²) in [6, 6.07) is 1.90. The zero-order valence-corrected chi connectivity index (χ0v) is 12.3. The molecular weight excluding hydrogens is 294 g/mol. The Bertz CT molecular complexity index is 430. The molecule has 2 rings (SSSR count). The van der Waals surface area contributed by atoms with Crippen LogP contribution in [0, 0.1) is 5.92 Å². The third-order valence-electron chi connectivity index (χ3n) is 3.56. The maximum absolute atomic E-state index is 12.5. The molecule has 0 aliphatic carbocycles. The number of hydrogen-bond acceptors (Lipinski definition) is 2. The lowest BCUT2D eigenvalue weighted by molar-refractivity contribution is 0.0667. The Morgan fingerprint density at radius 3 is 3.06 bits per heavy atom. The fraction of sp³-hybridized carbons (Fsp3) is 0.615. The van der Waals surface area contributed by atoms with Crippen molar-refractivity contribution in [2.75, 3.05) is 19.6 Å². The van der Waals surface area contributed by atoms with Crippen molar-refractivity contribution in [1.29, 1.82) is 0 Å². The van der Waals surface area contributed by atoms with E-state index in [1.807, 2.05) is 28.7 Å². The molecule has 18 heavy (non-hydrogen) atoms. The maximum Gasteiger partial charge on any atom is 0.270 e. The predicted molar refractivity (Wildman–Crippen MR) is 75.5 cm³/mol. The number of rotatable bonds is 3. The van der Waals surface area contributed by atoms with E-state index < -0.39 is 0 Å². The molecular formula is C13H20BrN3O. The molecule has 0 saturated carbocycles. The van der Waals surface area contributed by atoms with Crippen LogP contribution >= 0.6 is 15.9 Å². The highest BCUT2D eigenvalue weighted by atomic mass is 79.9. The molecule has 1 unspecified atom stereocenters. The number of aryl methyl sites for hydroxylation is 1. The molecule has 4 nitrogen and oxygen atoms in total. The molecule has 0 aromatic carbocycles. The summed E-state index contributed by atoms with van der Waals surface area (Å²) in [6.45, 7) is 5.16. The lowest BCUT2D eigenvalue weighted by atomic mass is 9.98. The van der Waals surface area contributed by atoms with Crippen LogP contribution in [0.15, 0.2) is 16.7 Å². The largest absolute Gasteiger partial charge is 0.343 e. The van der Waals surface area contributed by atoms with Crippen LogP contribution in [0.25, 0.3) is 0 Å². The van der Waals surface area contributed by atoms with Gasteiger partial charge in [0.15, 0.2) is 0 Å². The third kappa shape index (κ3) is 2.78. The summed E-state index contributed by atoms with van der Waals surface area (Å²) in [5, 5.41) is 0. The highest BCUT2D eigenvalue weighted by molar-refractivity contribution is 9.10. The normalized spacial score (nSPS) is 20.2. The summed E-state index contributed by atoms with van der Waals surface area (Å²) in [5.41, 5.74) is 6.48. The first-order chi connectivity index (χ1) is 8.65. The minimum Gasteiger partial charge on any atom is -0.343 e. The SMILES string of the molecule is CCn1cc(Br)cc1C(=O)N1CCCC(CN)C1. The van der Waals surface area contributed by atoms with Crippen molar-refractivity contribution in [3.63, 3.8) is 0 Å². The van der Waals surface area contributed by atoms with Gasteiger partial charge in [-0.1, -0.05) is 0 Å². The van der Waals surface area contributed by atoms with Gasteiger partial charge >= 0.3 is 0 Å². The van der Waals surface area contributed by atoms with E-state index in [-0.39, 0.29) is 5.91 Å². The summed E-state index contributed by atoms with van der Waals surface area (Å²) in [4.78, 5) is 14.4. The van der Waals surface area contributed by atoms with Gasteiger partial charge in [0.2, 0.25) is 0 Å². The number of carbonyl (C=O) groups is 1. The zero-order chi connectivity index (χ0) is 13.1. The van der Waals surface area contributed by atoms with E-state index in [1.54, 1.807) is 0 Å². The minimum absolute atomic E-state index is 0.126. The van der Waals surface area contributed by atoms with Crippen LogP contribution in [0.4, 0.5) is 0 Å². The molecule has 2 heterocycles. The first-order valence-corrected chi connectivity index (χ1v) is 7.30. The Balaban J connectivity index is 2.14. The molecule has 0 radical (unpaired) electrons. The predicted octanol–water partition coefficient (Wildman–Crippen LogP) is 2.08. The number of piperidine rings is 1. The molecule has 1 aliphatic rings. The monoisotopic (exact) mass is 313 g/mol. The van der Waals surface area contributed by atoms with Crippen LogP contribution in [0.1, 0.15) is 30.3 Å². The Kier molecular flexibility index (Phi) is 4.45. The van der Waals surface area contributed by atoms with Gasteiger partial charge in [-0.3, -0.25) is 4.79 Å². The van der Waals surface area contributed by atoms with E-state index in [0.29, 0.717) is 12.5 Å². The Morgan fingerprint density at radius 2 is 2.39 bits per heavy atom. The smallest absolute Gasteiger partial charge is 0.270 e. The van der Waals surface area contributed by atoms with Crippen LogP contribution in [0.2, 0.25) is 0 Å². The summed E-state index contributed by atoms with van der Waals surface area (Å²) in [5.74, 6) is 0.580. The average Bonchev–Trinajstić information content (AvgIpc) is 2.79. The number of halogens is 1. The Labute approximate surface area is 116 Å². The summed E-state index contributed by atoms with van der Waals surface area (Å²) in [7, 11) is 0. The van der Waals surface area contributed by atoms with E-state index in [4.69, 9.17) is 5.73 Å². The molecule has 1 amide bonds. The van der Waals surface area contributed by atoms with Crippen molar-refractivity contribution in [3.8, 4) is 0 Å². The van der Waals surface area contributed by atoms with E-state index in [9.17, 15) is 4.79 Å². The standard InChI is InChI=1S/C13H20BrN3O/c1-2-16-9-11(14)6-12(16)13(18)17-5-3-4-10(7-15)8-17/h6,9-10H,2-5,7-8,15H2,1H3. The quantitative estimate of drug-likeness (QED) is 0.929. The number of carbonyl (C=O) groups excluding carboxylic acids is 1. The van der Waals surface area contributed by atoms with Gasteiger partial charge < -0.3 is 15.2 Å². The van der Waals surface area contributed by atoms with Gasteiger partial charge in [0.1, 0.15) is 5.69 Å². The number of nitrogens with zero attached hydrogens (tertiary/aromatic N) is 2. The van der Waals surface area contributed by atoms with Crippen molar-refractivity contribution in [2.24, 2.45) is 11.7 Å². The van der Waals surface area contributed by atoms with E-state index >= 15 is 0 Å². The highest BCUT2D eigenvalue weighted by Gasteiger charge is 2.25.